The normalized spacial score (nSPS) is 18.2. The van der Waals surface area contributed by atoms with E-state index in [4.69, 9.17) is 5.73 Å². The quantitative estimate of drug-likeness (QED) is 0.777. The van der Waals surface area contributed by atoms with Crippen molar-refractivity contribution in [3.8, 4) is 0 Å². The average Bonchev–Trinajstić information content (AvgIpc) is 2.98. The van der Waals surface area contributed by atoms with Crippen LogP contribution >= 0.6 is 11.8 Å². The van der Waals surface area contributed by atoms with Gasteiger partial charge in [-0.2, -0.15) is 0 Å². The van der Waals surface area contributed by atoms with E-state index in [1.165, 1.54) is 17.8 Å². The van der Waals surface area contributed by atoms with Gasteiger partial charge in [-0.05, 0) is 30.7 Å². The topological polar surface area (TPSA) is 26.0 Å². The number of hydrogen-bond acceptors (Lipinski definition) is 2. The Labute approximate surface area is 87.9 Å². The number of halogens is 1. The van der Waals surface area contributed by atoms with E-state index >= 15 is 0 Å². The van der Waals surface area contributed by atoms with Gasteiger partial charge in [0.25, 0.3) is 0 Å². The lowest BCUT2D eigenvalue weighted by atomic mass is 9.96. The largest absolute Gasteiger partial charge is 0.330 e. The van der Waals surface area contributed by atoms with Crippen LogP contribution in [0.15, 0.2) is 23.1 Å². The Hall–Kier alpha value is -0.540. The van der Waals surface area contributed by atoms with Crippen LogP contribution in [-0.2, 0) is 5.41 Å². The van der Waals surface area contributed by atoms with Crippen LogP contribution in [0, 0.1) is 5.82 Å². The molecule has 1 aliphatic rings. The molecule has 0 saturated heterocycles. The molecule has 0 atom stereocenters. The first-order valence-electron chi connectivity index (χ1n) is 4.76. The molecule has 2 N–H and O–H groups in total. The molecule has 0 unspecified atom stereocenters. The molecule has 0 heterocycles. The summed E-state index contributed by atoms with van der Waals surface area (Å²) in [6.45, 7) is 0.629. The van der Waals surface area contributed by atoms with E-state index in [2.05, 4.69) is 0 Å². The molecule has 3 heteroatoms. The molecule has 1 aromatic rings. The van der Waals surface area contributed by atoms with Crippen LogP contribution in [0.1, 0.15) is 18.4 Å². The third-order valence-corrected chi connectivity index (χ3v) is 3.81. The first-order chi connectivity index (χ1) is 6.73. The fourth-order valence-electron chi connectivity index (χ4n) is 1.87. The molecule has 1 aromatic carbocycles. The summed E-state index contributed by atoms with van der Waals surface area (Å²) < 4.78 is 13.5. The summed E-state index contributed by atoms with van der Waals surface area (Å²) in [6, 6.07) is 5.30. The second-order valence-corrected chi connectivity index (χ2v) is 4.62. The van der Waals surface area contributed by atoms with Crippen molar-refractivity contribution in [2.45, 2.75) is 23.2 Å². The van der Waals surface area contributed by atoms with Crippen LogP contribution in [0.3, 0.4) is 0 Å². The third kappa shape index (κ3) is 1.44. The Morgan fingerprint density at radius 3 is 2.71 bits per heavy atom. The summed E-state index contributed by atoms with van der Waals surface area (Å²) in [7, 11) is 0. The smallest absolute Gasteiger partial charge is 0.137 e. The number of benzene rings is 1. The van der Waals surface area contributed by atoms with Crippen LogP contribution in [0.5, 0.6) is 0 Å². The fraction of sp³-hybridized carbons (Fsp3) is 0.455. The maximum Gasteiger partial charge on any atom is 0.137 e. The van der Waals surface area contributed by atoms with E-state index in [0.717, 1.165) is 23.3 Å². The van der Waals surface area contributed by atoms with Crippen molar-refractivity contribution < 1.29 is 4.39 Å². The van der Waals surface area contributed by atoms with Crippen molar-refractivity contribution in [3.63, 3.8) is 0 Å². The van der Waals surface area contributed by atoms with Crippen LogP contribution in [0.2, 0.25) is 0 Å². The highest BCUT2D eigenvalue weighted by molar-refractivity contribution is 7.98. The molecular formula is C11H14FNS. The predicted molar refractivity (Wildman–Crippen MR) is 58.1 cm³/mol. The molecule has 1 fully saturated rings. The SMILES string of the molecule is CSc1c(F)cccc1C1(CN)CC1. The summed E-state index contributed by atoms with van der Waals surface area (Å²) in [5, 5.41) is 0. The minimum atomic E-state index is -0.116. The van der Waals surface area contributed by atoms with Crippen molar-refractivity contribution in [3.05, 3.63) is 29.6 Å². The number of rotatable bonds is 3. The zero-order valence-electron chi connectivity index (χ0n) is 8.22. The number of thioether (sulfide) groups is 1. The monoisotopic (exact) mass is 211 g/mol. The van der Waals surface area contributed by atoms with Gasteiger partial charge in [-0.1, -0.05) is 12.1 Å². The van der Waals surface area contributed by atoms with Crippen LogP contribution in [0.4, 0.5) is 4.39 Å². The van der Waals surface area contributed by atoms with E-state index in [0.29, 0.717) is 6.54 Å². The van der Waals surface area contributed by atoms with Gasteiger partial charge < -0.3 is 5.73 Å². The van der Waals surface area contributed by atoms with Crippen molar-refractivity contribution in [1.29, 1.82) is 0 Å². The molecule has 0 aromatic heterocycles. The summed E-state index contributed by atoms with van der Waals surface area (Å²) in [4.78, 5) is 0.774. The lowest BCUT2D eigenvalue weighted by Gasteiger charge is -2.16. The van der Waals surface area contributed by atoms with Gasteiger partial charge in [0.15, 0.2) is 0 Å². The summed E-state index contributed by atoms with van der Waals surface area (Å²) in [6.07, 6.45) is 4.11. The Kier molecular flexibility index (Phi) is 2.54. The second kappa shape index (κ2) is 3.55. The third-order valence-electron chi connectivity index (χ3n) is 2.99. The molecule has 0 amide bonds. The molecule has 1 saturated carbocycles. The molecule has 1 nitrogen and oxygen atoms in total. The van der Waals surface area contributed by atoms with Crippen molar-refractivity contribution in [2.24, 2.45) is 5.73 Å². The van der Waals surface area contributed by atoms with Gasteiger partial charge in [0.2, 0.25) is 0 Å². The maximum atomic E-state index is 13.5. The highest BCUT2D eigenvalue weighted by Gasteiger charge is 2.44. The van der Waals surface area contributed by atoms with Gasteiger partial charge in [-0.3, -0.25) is 0 Å². The molecule has 14 heavy (non-hydrogen) atoms. The highest BCUT2D eigenvalue weighted by atomic mass is 32.2. The molecule has 1 aliphatic carbocycles. The fourth-order valence-corrected chi connectivity index (χ4v) is 2.64. The summed E-state index contributed by atoms with van der Waals surface area (Å²) in [5.74, 6) is -0.116. The molecule has 76 valence electrons. The Bertz CT molecular complexity index is 347. The lowest BCUT2D eigenvalue weighted by Crippen LogP contribution is -2.20. The predicted octanol–water partition coefficient (Wildman–Crippen LogP) is 2.54. The van der Waals surface area contributed by atoms with Gasteiger partial charge in [0.1, 0.15) is 5.82 Å². The molecule has 0 bridgehead atoms. The van der Waals surface area contributed by atoms with E-state index < -0.39 is 0 Å². The van der Waals surface area contributed by atoms with Gasteiger partial charge in [0, 0.05) is 16.9 Å². The van der Waals surface area contributed by atoms with Gasteiger partial charge in [-0.25, -0.2) is 4.39 Å². The van der Waals surface area contributed by atoms with Crippen molar-refractivity contribution in [1.82, 2.24) is 0 Å². The van der Waals surface area contributed by atoms with Crippen LogP contribution in [0.25, 0.3) is 0 Å². The molecule has 0 radical (unpaired) electrons. The zero-order valence-corrected chi connectivity index (χ0v) is 9.03. The van der Waals surface area contributed by atoms with Gasteiger partial charge in [0.05, 0.1) is 0 Å². The minimum absolute atomic E-state index is 0.0838. The van der Waals surface area contributed by atoms with Crippen molar-refractivity contribution in [2.75, 3.05) is 12.8 Å². The van der Waals surface area contributed by atoms with E-state index in [9.17, 15) is 4.39 Å². The first-order valence-corrected chi connectivity index (χ1v) is 5.99. The van der Waals surface area contributed by atoms with E-state index in [-0.39, 0.29) is 11.2 Å². The van der Waals surface area contributed by atoms with Gasteiger partial charge in [-0.15, -0.1) is 11.8 Å². The Morgan fingerprint density at radius 1 is 1.50 bits per heavy atom. The number of nitrogens with two attached hydrogens (primary N) is 1. The molecular weight excluding hydrogens is 197 g/mol. The summed E-state index contributed by atoms with van der Waals surface area (Å²) >= 11 is 1.47. The van der Waals surface area contributed by atoms with Crippen LogP contribution in [-0.4, -0.2) is 12.8 Å². The average molecular weight is 211 g/mol. The molecule has 0 aliphatic heterocycles. The standard InChI is InChI=1S/C11H14FNS/c1-14-10-8(3-2-4-9(10)12)11(7-13)5-6-11/h2-4H,5-7,13H2,1H3. The van der Waals surface area contributed by atoms with E-state index in [1.54, 1.807) is 6.07 Å². The highest BCUT2D eigenvalue weighted by Crippen LogP contribution is 2.50. The van der Waals surface area contributed by atoms with Crippen LogP contribution < -0.4 is 5.73 Å². The Morgan fingerprint density at radius 2 is 2.21 bits per heavy atom. The van der Waals surface area contributed by atoms with E-state index in [1.807, 2.05) is 12.3 Å². The molecule has 0 spiro atoms. The molecule has 2 rings (SSSR count). The second-order valence-electron chi connectivity index (χ2n) is 3.81. The number of hydrogen-bond donors (Lipinski definition) is 1. The Balaban J connectivity index is 2.47. The maximum absolute atomic E-state index is 13.5. The minimum Gasteiger partial charge on any atom is -0.330 e. The first kappa shape index (κ1) is 9.99. The lowest BCUT2D eigenvalue weighted by molar-refractivity contribution is 0.583. The van der Waals surface area contributed by atoms with Crippen molar-refractivity contribution >= 4 is 11.8 Å². The zero-order chi connectivity index (χ0) is 10.2. The van der Waals surface area contributed by atoms with Gasteiger partial charge >= 0.3 is 0 Å². The summed E-state index contributed by atoms with van der Waals surface area (Å²) in [5.41, 5.74) is 6.93.